The summed E-state index contributed by atoms with van der Waals surface area (Å²) in [7, 11) is 0. The first-order valence-corrected chi connectivity index (χ1v) is 13.6. The fourth-order valence-electron chi connectivity index (χ4n) is 5.65. The molecule has 0 amide bonds. The third kappa shape index (κ3) is 6.07. The number of aromatic hydroxyl groups is 1. The summed E-state index contributed by atoms with van der Waals surface area (Å²) in [5, 5.41) is 23.5. The van der Waals surface area contributed by atoms with Crippen LogP contribution in [0, 0.1) is 5.92 Å². The smallest absolute Gasteiger partial charge is 0.320 e. The molecule has 0 spiro atoms. The summed E-state index contributed by atoms with van der Waals surface area (Å²) >= 11 is 0. The number of nitrogens with two attached hydrogens (primary N) is 1. The largest absolute Gasteiger partial charge is 0.507 e. The van der Waals surface area contributed by atoms with E-state index in [9.17, 15) is 9.90 Å². The van der Waals surface area contributed by atoms with E-state index >= 15 is 0 Å². The van der Waals surface area contributed by atoms with Gasteiger partial charge in [0.05, 0.1) is 23.8 Å². The number of rotatable bonds is 6. The molecule has 0 radical (unpaired) electrons. The van der Waals surface area contributed by atoms with Crippen LogP contribution in [0.1, 0.15) is 52.5 Å². The number of esters is 1. The Balaban J connectivity index is 1.16. The molecule has 2 fully saturated rings. The van der Waals surface area contributed by atoms with Crippen LogP contribution in [0.5, 0.6) is 5.75 Å². The van der Waals surface area contributed by atoms with Crippen molar-refractivity contribution in [3.8, 4) is 17.0 Å². The lowest BCUT2D eigenvalue weighted by molar-refractivity contribution is -0.156. The van der Waals surface area contributed by atoms with E-state index in [2.05, 4.69) is 25.1 Å². The summed E-state index contributed by atoms with van der Waals surface area (Å²) in [5.41, 5.74) is 8.46. The number of ether oxygens (including phenoxy) is 1. The number of piperidine rings is 2. The molecule has 1 aromatic carbocycles. The number of carbonyl (C=O) groups is 1. The predicted molar refractivity (Wildman–Crippen MR) is 147 cm³/mol. The van der Waals surface area contributed by atoms with E-state index in [1.54, 1.807) is 12.1 Å². The topological polar surface area (TPSA) is 123 Å². The first-order chi connectivity index (χ1) is 18.2. The number of phenolic OH excluding ortho intramolecular Hbond substituents is 1. The number of likely N-dealkylation sites (tertiary alicyclic amines) is 2. The standard InChI is InChI=1S/C28H39N7O3/c1-28(2,3)38-25(37)18-34-12-8-19(9-13-34)17-33-14-10-20(11-15-33)35-23-16-22(21-6-4-5-7-24(21)36)30-31-26(23)27(29)32-35/h4-7,16,19-20,36H,8-15,17-18H2,1-3H3,(H2,29,32). The van der Waals surface area contributed by atoms with Crippen molar-refractivity contribution in [2.75, 3.05) is 45.0 Å². The molecule has 0 aliphatic carbocycles. The first kappa shape index (κ1) is 26.4. The van der Waals surface area contributed by atoms with E-state index in [-0.39, 0.29) is 17.8 Å². The second-order valence-electron chi connectivity index (χ2n) is 11.6. The highest BCUT2D eigenvalue weighted by atomic mass is 16.6. The molecule has 0 saturated carbocycles. The molecule has 0 bridgehead atoms. The van der Waals surface area contributed by atoms with E-state index in [1.807, 2.05) is 43.7 Å². The number of anilines is 1. The van der Waals surface area contributed by atoms with E-state index in [0.717, 1.165) is 63.9 Å². The molecule has 4 heterocycles. The van der Waals surface area contributed by atoms with Crippen molar-refractivity contribution in [2.45, 2.75) is 58.1 Å². The van der Waals surface area contributed by atoms with Gasteiger partial charge in [0.15, 0.2) is 11.3 Å². The number of nitrogens with zero attached hydrogens (tertiary/aromatic N) is 6. The number of benzene rings is 1. The first-order valence-electron chi connectivity index (χ1n) is 13.6. The molecule has 204 valence electrons. The van der Waals surface area contributed by atoms with Gasteiger partial charge in [-0.15, -0.1) is 10.2 Å². The molecule has 2 saturated heterocycles. The average molecular weight is 522 g/mol. The maximum atomic E-state index is 12.2. The van der Waals surface area contributed by atoms with Crippen LogP contribution in [0.25, 0.3) is 22.3 Å². The Morgan fingerprint density at radius 2 is 1.74 bits per heavy atom. The molecule has 0 atom stereocenters. The third-order valence-corrected chi connectivity index (χ3v) is 7.56. The third-order valence-electron chi connectivity index (χ3n) is 7.56. The van der Waals surface area contributed by atoms with E-state index < -0.39 is 5.60 Å². The van der Waals surface area contributed by atoms with Crippen LogP contribution < -0.4 is 5.73 Å². The molecule has 3 N–H and O–H groups in total. The Bertz CT molecular complexity index is 1270. The van der Waals surface area contributed by atoms with Gasteiger partial charge >= 0.3 is 5.97 Å². The number of hydrogen-bond acceptors (Lipinski definition) is 9. The number of nitrogen functional groups attached to an aromatic ring is 1. The van der Waals surface area contributed by atoms with Gasteiger partial charge in [0, 0.05) is 25.2 Å². The summed E-state index contributed by atoms with van der Waals surface area (Å²) < 4.78 is 7.48. The van der Waals surface area contributed by atoms with Gasteiger partial charge in [-0.2, -0.15) is 5.10 Å². The highest BCUT2D eigenvalue weighted by Crippen LogP contribution is 2.33. The lowest BCUT2D eigenvalue weighted by Gasteiger charge is -2.37. The summed E-state index contributed by atoms with van der Waals surface area (Å²) in [4.78, 5) is 16.9. The Labute approximate surface area is 223 Å². The van der Waals surface area contributed by atoms with Gasteiger partial charge in [0.25, 0.3) is 0 Å². The number of aromatic nitrogens is 4. The van der Waals surface area contributed by atoms with Crippen LogP contribution in [0.2, 0.25) is 0 Å². The molecule has 3 aromatic rings. The molecule has 2 aromatic heterocycles. The molecule has 2 aliphatic rings. The van der Waals surface area contributed by atoms with Crippen molar-refractivity contribution in [2.24, 2.45) is 5.92 Å². The minimum Gasteiger partial charge on any atom is -0.507 e. The van der Waals surface area contributed by atoms with E-state index in [0.29, 0.717) is 35.1 Å². The molecule has 10 nitrogen and oxygen atoms in total. The maximum absolute atomic E-state index is 12.2. The van der Waals surface area contributed by atoms with Crippen LogP contribution in [0.4, 0.5) is 5.82 Å². The van der Waals surface area contributed by atoms with Crippen LogP contribution in [-0.4, -0.2) is 85.7 Å². The number of phenols is 1. The Morgan fingerprint density at radius 3 is 2.42 bits per heavy atom. The van der Waals surface area contributed by atoms with Crippen LogP contribution in [0.3, 0.4) is 0 Å². The van der Waals surface area contributed by atoms with Gasteiger partial charge in [-0.1, -0.05) is 12.1 Å². The fraction of sp³-hybridized carbons (Fsp3) is 0.571. The fourth-order valence-corrected chi connectivity index (χ4v) is 5.65. The van der Waals surface area contributed by atoms with E-state index in [4.69, 9.17) is 10.5 Å². The zero-order valence-electron chi connectivity index (χ0n) is 22.6. The molecule has 5 rings (SSSR count). The summed E-state index contributed by atoms with van der Waals surface area (Å²) in [6, 6.07) is 9.30. The Morgan fingerprint density at radius 1 is 1.05 bits per heavy atom. The summed E-state index contributed by atoms with van der Waals surface area (Å²) in [5.74, 6) is 1.07. The Hall–Kier alpha value is -3.24. The van der Waals surface area contributed by atoms with Crippen molar-refractivity contribution in [1.82, 2.24) is 29.8 Å². The zero-order chi connectivity index (χ0) is 26.9. The molecule has 2 aliphatic heterocycles. The van der Waals surface area contributed by atoms with Crippen molar-refractivity contribution < 1.29 is 14.6 Å². The summed E-state index contributed by atoms with van der Waals surface area (Å²) in [6.45, 7) is 11.1. The van der Waals surface area contributed by atoms with E-state index in [1.165, 1.54) is 0 Å². The van der Waals surface area contributed by atoms with Gasteiger partial charge < -0.3 is 20.5 Å². The lowest BCUT2D eigenvalue weighted by Crippen LogP contribution is -2.43. The molecule has 0 unspecified atom stereocenters. The lowest BCUT2D eigenvalue weighted by atomic mass is 9.94. The van der Waals surface area contributed by atoms with Gasteiger partial charge in [-0.3, -0.25) is 14.4 Å². The summed E-state index contributed by atoms with van der Waals surface area (Å²) in [6.07, 6.45) is 4.19. The van der Waals surface area contributed by atoms with Crippen molar-refractivity contribution in [3.05, 3.63) is 30.3 Å². The predicted octanol–water partition coefficient (Wildman–Crippen LogP) is 3.47. The Kier molecular flexibility index (Phi) is 7.54. The molecular formula is C28H39N7O3. The van der Waals surface area contributed by atoms with Gasteiger partial charge in [0.2, 0.25) is 0 Å². The van der Waals surface area contributed by atoms with Crippen molar-refractivity contribution in [3.63, 3.8) is 0 Å². The van der Waals surface area contributed by atoms with Gasteiger partial charge in [0.1, 0.15) is 11.4 Å². The SMILES string of the molecule is CC(C)(C)OC(=O)CN1CCC(CN2CCC(n3nc(N)c4nnc(-c5ccccc5O)cc43)CC2)CC1. The van der Waals surface area contributed by atoms with Crippen LogP contribution in [-0.2, 0) is 9.53 Å². The van der Waals surface area contributed by atoms with Crippen molar-refractivity contribution >= 4 is 22.8 Å². The maximum Gasteiger partial charge on any atom is 0.320 e. The van der Waals surface area contributed by atoms with Crippen molar-refractivity contribution in [1.29, 1.82) is 0 Å². The monoisotopic (exact) mass is 521 g/mol. The molecule has 10 heteroatoms. The molecule has 38 heavy (non-hydrogen) atoms. The second-order valence-corrected chi connectivity index (χ2v) is 11.6. The second kappa shape index (κ2) is 10.9. The highest BCUT2D eigenvalue weighted by molar-refractivity contribution is 5.87. The number of carbonyl (C=O) groups excluding carboxylic acids is 1. The van der Waals surface area contributed by atoms with Crippen LogP contribution in [0.15, 0.2) is 30.3 Å². The number of hydrogen-bond donors (Lipinski definition) is 2. The molecular weight excluding hydrogens is 482 g/mol. The van der Waals surface area contributed by atoms with Gasteiger partial charge in [-0.25, -0.2) is 0 Å². The normalized spacial score (nSPS) is 18.7. The minimum absolute atomic E-state index is 0.136. The zero-order valence-corrected chi connectivity index (χ0v) is 22.6. The minimum atomic E-state index is -0.434. The van der Waals surface area contributed by atoms with Crippen LogP contribution >= 0.6 is 0 Å². The number of fused-ring (bicyclic) bond motifs is 1. The highest BCUT2D eigenvalue weighted by Gasteiger charge is 2.28. The quantitative estimate of drug-likeness (QED) is 0.469. The average Bonchev–Trinajstić information content (AvgIpc) is 3.20. The van der Waals surface area contributed by atoms with Gasteiger partial charge in [-0.05, 0) is 83.7 Å². The number of para-hydroxylation sites is 1.